The molecule has 2 aromatic heterocycles. The van der Waals surface area contributed by atoms with E-state index in [1.54, 1.807) is 4.52 Å². The highest BCUT2D eigenvalue weighted by Gasteiger charge is 2.29. The molecule has 0 radical (unpaired) electrons. The molecule has 6 nitrogen and oxygen atoms in total. The summed E-state index contributed by atoms with van der Waals surface area (Å²) >= 11 is 0. The van der Waals surface area contributed by atoms with E-state index in [1.165, 1.54) is 6.33 Å². The van der Waals surface area contributed by atoms with Gasteiger partial charge in [0.2, 0.25) is 0 Å². The molecule has 0 aliphatic carbocycles. The average Bonchev–Trinajstić information content (AvgIpc) is 2.75. The lowest BCUT2D eigenvalue weighted by Crippen LogP contribution is -2.40. The minimum Gasteiger partial charge on any atom is -0.375 e. The van der Waals surface area contributed by atoms with Gasteiger partial charge >= 0.3 is 0 Å². The zero-order valence-corrected chi connectivity index (χ0v) is 11.6. The molecule has 2 aromatic rings. The first-order valence-corrected chi connectivity index (χ1v) is 6.61. The number of aryl methyl sites for hydroxylation is 1. The molecule has 3 heterocycles. The molecule has 1 aliphatic heterocycles. The van der Waals surface area contributed by atoms with E-state index in [0.717, 1.165) is 31.0 Å². The molecule has 1 fully saturated rings. The van der Waals surface area contributed by atoms with Crippen molar-refractivity contribution in [3.05, 3.63) is 18.1 Å². The van der Waals surface area contributed by atoms with Gasteiger partial charge in [-0.05, 0) is 33.6 Å². The number of nitrogens with one attached hydrogen (secondary N) is 1. The number of anilines is 1. The maximum atomic E-state index is 5.74. The molecule has 3 rings (SSSR count). The van der Waals surface area contributed by atoms with Crippen LogP contribution in [0.2, 0.25) is 0 Å². The van der Waals surface area contributed by atoms with Gasteiger partial charge in [0, 0.05) is 24.4 Å². The number of hydrogen-bond donors (Lipinski definition) is 1. The normalized spacial score (nSPS) is 22.6. The van der Waals surface area contributed by atoms with Crippen LogP contribution in [0.3, 0.4) is 0 Å². The molecule has 1 unspecified atom stereocenters. The van der Waals surface area contributed by atoms with Gasteiger partial charge in [0.15, 0.2) is 0 Å². The fourth-order valence-electron chi connectivity index (χ4n) is 2.60. The van der Waals surface area contributed by atoms with Crippen molar-refractivity contribution in [2.24, 2.45) is 0 Å². The standard InChI is InChI=1S/C13H19N5O/c1-9-6-11(18-12(16-9)14-8-15-18)17-10-4-5-19-13(2,3)7-10/h6,8,10,17H,4-5,7H2,1-3H3. The molecular weight excluding hydrogens is 242 g/mol. The first-order valence-electron chi connectivity index (χ1n) is 6.61. The molecule has 0 aromatic carbocycles. The molecule has 0 amide bonds. The van der Waals surface area contributed by atoms with E-state index in [9.17, 15) is 0 Å². The second kappa shape index (κ2) is 4.45. The van der Waals surface area contributed by atoms with Crippen molar-refractivity contribution in [3.8, 4) is 0 Å². The third-order valence-corrected chi connectivity index (χ3v) is 3.43. The molecule has 1 saturated heterocycles. The first-order chi connectivity index (χ1) is 9.03. The highest BCUT2D eigenvalue weighted by atomic mass is 16.5. The molecule has 1 N–H and O–H groups in total. The van der Waals surface area contributed by atoms with Gasteiger partial charge in [0.25, 0.3) is 5.78 Å². The van der Waals surface area contributed by atoms with Gasteiger partial charge in [-0.15, -0.1) is 0 Å². The summed E-state index contributed by atoms with van der Waals surface area (Å²) in [6.45, 7) is 7.01. The van der Waals surface area contributed by atoms with Crippen LogP contribution >= 0.6 is 0 Å². The Bertz CT molecular complexity index is 592. The second-order valence-corrected chi connectivity index (χ2v) is 5.70. The third-order valence-electron chi connectivity index (χ3n) is 3.43. The van der Waals surface area contributed by atoms with Crippen LogP contribution in [0.4, 0.5) is 5.82 Å². The zero-order valence-electron chi connectivity index (χ0n) is 11.6. The van der Waals surface area contributed by atoms with E-state index >= 15 is 0 Å². The fraction of sp³-hybridized carbons (Fsp3) is 0.615. The first kappa shape index (κ1) is 12.3. The lowest BCUT2D eigenvalue weighted by molar-refractivity contribution is -0.0553. The molecule has 6 heteroatoms. The topological polar surface area (TPSA) is 64.3 Å². The van der Waals surface area contributed by atoms with Crippen LogP contribution in [0.15, 0.2) is 12.4 Å². The summed E-state index contributed by atoms with van der Waals surface area (Å²) in [5, 5.41) is 7.76. The summed E-state index contributed by atoms with van der Waals surface area (Å²) < 4.78 is 7.49. The largest absolute Gasteiger partial charge is 0.375 e. The van der Waals surface area contributed by atoms with E-state index in [-0.39, 0.29) is 5.60 Å². The number of rotatable bonds is 2. The van der Waals surface area contributed by atoms with Crippen molar-refractivity contribution in [2.75, 3.05) is 11.9 Å². The summed E-state index contributed by atoms with van der Waals surface area (Å²) in [6.07, 6.45) is 3.51. The van der Waals surface area contributed by atoms with Crippen molar-refractivity contribution in [3.63, 3.8) is 0 Å². The summed E-state index contributed by atoms with van der Waals surface area (Å²) in [5.74, 6) is 1.58. The molecule has 1 aliphatic rings. The van der Waals surface area contributed by atoms with Gasteiger partial charge in [-0.25, -0.2) is 4.98 Å². The van der Waals surface area contributed by atoms with E-state index in [0.29, 0.717) is 11.8 Å². The van der Waals surface area contributed by atoms with Gasteiger partial charge in [0.1, 0.15) is 12.1 Å². The Morgan fingerprint density at radius 2 is 2.32 bits per heavy atom. The molecule has 0 spiro atoms. The predicted molar refractivity (Wildman–Crippen MR) is 72.2 cm³/mol. The van der Waals surface area contributed by atoms with E-state index in [2.05, 4.69) is 34.2 Å². The number of ether oxygens (including phenoxy) is 1. The number of nitrogens with zero attached hydrogens (tertiary/aromatic N) is 4. The monoisotopic (exact) mass is 261 g/mol. The van der Waals surface area contributed by atoms with E-state index < -0.39 is 0 Å². The summed E-state index contributed by atoms with van der Waals surface area (Å²) in [4.78, 5) is 8.48. The average molecular weight is 261 g/mol. The molecular formula is C13H19N5O. The minimum absolute atomic E-state index is 0.0700. The SMILES string of the molecule is Cc1cc(NC2CCOC(C)(C)C2)n2ncnc2n1. The molecule has 1 atom stereocenters. The Balaban J connectivity index is 1.86. The molecule has 19 heavy (non-hydrogen) atoms. The molecule has 0 bridgehead atoms. The highest BCUT2D eigenvalue weighted by Crippen LogP contribution is 2.26. The zero-order chi connectivity index (χ0) is 13.5. The van der Waals surface area contributed by atoms with Crippen LogP contribution < -0.4 is 5.32 Å². The maximum absolute atomic E-state index is 5.74. The Kier molecular flexibility index (Phi) is 2.89. The lowest BCUT2D eigenvalue weighted by atomic mass is 9.94. The van der Waals surface area contributed by atoms with Crippen molar-refractivity contribution in [1.29, 1.82) is 0 Å². The Labute approximate surface area is 112 Å². The van der Waals surface area contributed by atoms with Gasteiger partial charge in [-0.1, -0.05) is 0 Å². The van der Waals surface area contributed by atoms with Crippen LogP contribution in [0.25, 0.3) is 5.78 Å². The smallest absolute Gasteiger partial charge is 0.254 e. The third kappa shape index (κ3) is 2.53. The lowest BCUT2D eigenvalue weighted by Gasteiger charge is -2.36. The van der Waals surface area contributed by atoms with Gasteiger partial charge in [-0.3, -0.25) is 0 Å². The maximum Gasteiger partial charge on any atom is 0.254 e. The van der Waals surface area contributed by atoms with Gasteiger partial charge in [0.05, 0.1) is 5.60 Å². The van der Waals surface area contributed by atoms with Crippen LogP contribution in [-0.4, -0.2) is 37.8 Å². The van der Waals surface area contributed by atoms with Crippen LogP contribution in [-0.2, 0) is 4.74 Å². The Morgan fingerprint density at radius 3 is 3.11 bits per heavy atom. The van der Waals surface area contributed by atoms with Crippen molar-refractivity contribution in [1.82, 2.24) is 19.6 Å². The summed E-state index contributed by atoms with van der Waals surface area (Å²) in [7, 11) is 0. The quantitative estimate of drug-likeness (QED) is 0.893. The van der Waals surface area contributed by atoms with Crippen molar-refractivity contribution in [2.45, 2.75) is 45.3 Å². The van der Waals surface area contributed by atoms with E-state index in [4.69, 9.17) is 4.74 Å². The molecule has 0 saturated carbocycles. The highest BCUT2D eigenvalue weighted by molar-refractivity contribution is 5.45. The Hall–Kier alpha value is -1.69. The summed E-state index contributed by atoms with van der Waals surface area (Å²) in [5.41, 5.74) is 0.869. The molecule has 102 valence electrons. The van der Waals surface area contributed by atoms with Crippen LogP contribution in [0.1, 0.15) is 32.4 Å². The van der Waals surface area contributed by atoms with Crippen molar-refractivity contribution < 1.29 is 4.74 Å². The van der Waals surface area contributed by atoms with Gasteiger partial charge < -0.3 is 10.1 Å². The predicted octanol–water partition coefficient (Wildman–Crippen LogP) is 1.80. The number of fused-ring (bicyclic) bond motifs is 1. The number of aromatic nitrogens is 4. The van der Waals surface area contributed by atoms with E-state index in [1.807, 2.05) is 13.0 Å². The van der Waals surface area contributed by atoms with Crippen molar-refractivity contribution >= 4 is 11.6 Å². The summed E-state index contributed by atoms with van der Waals surface area (Å²) in [6, 6.07) is 2.39. The number of hydrogen-bond acceptors (Lipinski definition) is 5. The minimum atomic E-state index is -0.0700. The van der Waals surface area contributed by atoms with Gasteiger partial charge in [-0.2, -0.15) is 14.6 Å². The second-order valence-electron chi connectivity index (χ2n) is 5.70. The fourth-order valence-corrected chi connectivity index (χ4v) is 2.60. The Morgan fingerprint density at radius 1 is 1.47 bits per heavy atom. The van der Waals surface area contributed by atoms with Crippen LogP contribution in [0.5, 0.6) is 0 Å². The van der Waals surface area contributed by atoms with Crippen LogP contribution in [0, 0.1) is 6.92 Å².